The minimum absolute atomic E-state index is 0.0410. The van der Waals surface area contributed by atoms with Crippen LogP contribution < -0.4 is 5.32 Å². The molecule has 5 nitrogen and oxygen atoms in total. The molecule has 1 atom stereocenters. The summed E-state index contributed by atoms with van der Waals surface area (Å²) in [6.45, 7) is 0.515. The standard InChI is InChI=1S/C30H24F9N3O2/c1-17-24(26(43)44-2)25(21-8-4-6-10-23(21)30(37,38)39)41-27(40-15-18-11-13-20(14-12-18)28(31,32)33)42(17)16-19-7-3-5-9-22(19)29(34,35)36/h3-14,25H,15-16H2,1-2H3,(H,40,41). The van der Waals surface area contributed by atoms with E-state index in [1.54, 1.807) is 0 Å². The molecule has 0 spiro atoms. The molecule has 4 rings (SSSR count). The molecule has 0 fully saturated rings. The number of halogens is 9. The molecule has 0 aromatic heterocycles. The van der Waals surface area contributed by atoms with Gasteiger partial charge in [-0.15, -0.1) is 0 Å². The Balaban J connectivity index is 1.88. The molecule has 1 heterocycles. The van der Waals surface area contributed by atoms with Gasteiger partial charge in [-0.25, -0.2) is 9.79 Å². The lowest BCUT2D eigenvalue weighted by Gasteiger charge is -2.39. The van der Waals surface area contributed by atoms with Crippen molar-refractivity contribution < 1.29 is 49.0 Å². The van der Waals surface area contributed by atoms with Crippen LogP contribution >= 0.6 is 0 Å². The molecule has 44 heavy (non-hydrogen) atoms. The Morgan fingerprint density at radius 1 is 0.818 bits per heavy atom. The smallest absolute Gasteiger partial charge is 0.416 e. The minimum Gasteiger partial charge on any atom is -0.466 e. The second-order valence-corrected chi connectivity index (χ2v) is 9.73. The molecule has 0 saturated carbocycles. The molecular formula is C30H24F9N3O2. The van der Waals surface area contributed by atoms with Crippen molar-refractivity contribution in [2.24, 2.45) is 4.99 Å². The molecular weight excluding hydrogens is 605 g/mol. The highest BCUT2D eigenvalue weighted by atomic mass is 19.4. The number of nitrogens with one attached hydrogen (secondary N) is 1. The molecule has 1 aliphatic rings. The summed E-state index contributed by atoms with van der Waals surface area (Å²) in [5.41, 5.74) is -3.67. The molecule has 1 unspecified atom stereocenters. The van der Waals surface area contributed by atoms with E-state index in [1.165, 1.54) is 36.1 Å². The molecule has 0 amide bonds. The van der Waals surface area contributed by atoms with Gasteiger partial charge in [0.2, 0.25) is 0 Å². The van der Waals surface area contributed by atoms with Crippen LogP contribution in [0.25, 0.3) is 0 Å². The average molecular weight is 630 g/mol. The van der Waals surface area contributed by atoms with Gasteiger partial charge in [0.15, 0.2) is 5.96 Å². The fraction of sp³-hybridized carbons (Fsp3) is 0.267. The maximum Gasteiger partial charge on any atom is 0.416 e. The number of esters is 1. The Morgan fingerprint density at radius 3 is 1.95 bits per heavy atom. The van der Waals surface area contributed by atoms with Crippen LogP contribution in [0.5, 0.6) is 0 Å². The van der Waals surface area contributed by atoms with Crippen molar-refractivity contribution in [3.8, 4) is 0 Å². The highest BCUT2D eigenvalue weighted by Gasteiger charge is 2.42. The number of alkyl halides is 9. The lowest BCUT2D eigenvalue weighted by atomic mass is 9.91. The Kier molecular flexibility index (Phi) is 9.03. The zero-order valence-electron chi connectivity index (χ0n) is 23.0. The number of allylic oxidation sites excluding steroid dienone is 1. The van der Waals surface area contributed by atoms with Gasteiger partial charge < -0.3 is 15.0 Å². The maximum absolute atomic E-state index is 14.0. The van der Waals surface area contributed by atoms with Gasteiger partial charge in [-0.05, 0) is 47.9 Å². The number of nitrogens with zero attached hydrogens (tertiary/aromatic N) is 2. The maximum atomic E-state index is 14.0. The van der Waals surface area contributed by atoms with Crippen LogP contribution in [-0.2, 0) is 41.1 Å². The van der Waals surface area contributed by atoms with Crippen molar-refractivity contribution in [2.45, 2.75) is 44.6 Å². The van der Waals surface area contributed by atoms with Gasteiger partial charge in [0, 0.05) is 5.70 Å². The summed E-state index contributed by atoms with van der Waals surface area (Å²) in [6.07, 6.45) is -14.2. The van der Waals surface area contributed by atoms with E-state index in [0.29, 0.717) is 0 Å². The fourth-order valence-electron chi connectivity index (χ4n) is 4.80. The van der Waals surface area contributed by atoms with Crippen LogP contribution in [0, 0.1) is 0 Å². The Labute approximate surface area is 245 Å². The lowest BCUT2D eigenvalue weighted by Crippen LogP contribution is -2.49. The molecule has 0 radical (unpaired) electrons. The topological polar surface area (TPSA) is 53.9 Å². The molecule has 1 aliphatic heterocycles. The largest absolute Gasteiger partial charge is 0.466 e. The normalized spacial score (nSPS) is 17.1. The first-order chi connectivity index (χ1) is 20.5. The van der Waals surface area contributed by atoms with E-state index in [0.717, 1.165) is 55.6 Å². The number of ether oxygens (including phenoxy) is 1. The van der Waals surface area contributed by atoms with Crippen molar-refractivity contribution in [3.63, 3.8) is 0 Å². The number of benzene rings is 3. The molecule has 0 saturated heterocycles. The molecule has 0 bridgehead atoms. The first-order valence-electron chi connectivity index (χ1n) is 12.9. The van der Waals surface area contributed by atoms with Crippen LogP contribution in [0.1, 0.15) is 46.3 Å². The first kappa shape index (κ1) is 32.4. The van der Waals surface area contributed by atoms with Gasteiger partial charge in [-0.2, -0.15) is 39.5 Å². The van der Waals surface area contributed by atoms with Gasteiger partial charge in [0.25, 0.3) is 0 Å². The molecule has 14 heteroatoms. The van der Waals surface area contributed by atoms with E-state index < -0.39 is 53.8 Å². The van der Waals surface area contributed by atoms with Crippen LogP contribution in [0.3, 0.4) is 0 Å². The van der Waals surface area contributed by atoms with Crippen molar-refractivity contribution in [1.82, 2.24) is 10.2 Å². The SMILES string of the molecule is COC(=O)C1=C(C)N(Cc2ccccc2C(F)(F)F)C(=NCc2ccc(C(F)(F)F)cc2)NC1c1ccccc1C(F)(F)F. The second-order valence-electron chi connectivity index (χ2n) is 9.73. The van der Waals surface area contributed by atoms with Crippen molar-refractivity contribution in [2.75, 3.05) is 7.11 Å². The van der Waals surface area contributed by atoms with E-state index in [2.05, 4.69) is 10.3 Å². The fourth-order valence-corrected chi connectivity index (χ4v) is 4.80. The molecule has 234 valence electrons. The minimum atomic E-state index is -4.84. The van der Waals surface area contributed by atoms with Gasteiger partial charge in [-0.1, -0.05) is 48.5 Å². The van der Waals surface area contributed by atoms with E-state index in [1.807, 2.05) is 0 Å². The third-order valence-electron chi connectivity index (χ3n) is 6.94. The highest BCUT2D eigenvalue weighted by Crippen LogP contribution is 2.40. The number of guanidine groups is 1. The third kappa shape index (κ3) is 7.00. The van der Waals surface area contributed by atoms with Crippen molar-refractivity contribution in [1.29, 1.82) is 0 Å². The summed E-state index contributed by atoms with van der Waals surface area (Å²) < 4.78 is 128. The van der Waals surface area contributed by atoms with Gasteiger partial charge in [0.05, 0.1) is 48.5 Å². The van der Waals surface area contributed by atoms with E-state index >= 15 is 0 Å². The van der Waals surface area contributed by atoms with E-state index in [4.69, 9.17) is 4.74 Å². The Bertz CT molecular complexity index is 1570. The number of rotatable bonds is 6. The van der Waals surface area contributed by atoms with Crippen molar-refractivity contribution >= 4 is 11.9 Å². The summed E-state index contributed by atoms with van der Waals surface area (Å²) in [5.74, 6) is -1.25. The van der Waals surface area contributed by atoms with Crippen LogP contribution in [0.15, 0.2) is 89.1 Å². The summed E-state index contributed by atoms with van der Waals surface area (Å²) in [5, 5.41) is 2.77. The van der Waals surface area contributed by atoms with E-state index in [-0.39, 0.29) is 40.5 Å². The second kappa shape index (κ2) is 12.2. The zero-order valence-corrected chi connectivity index (χ0v) is 23.0. The summed E-state index contributed by atoms with van der Waals surface area (Å²) in [4.78, 5) is 18.5. The average Bonchev–Trinajstić information content (AvgIpc) is 2.96. The number of aliphatic imine (C=N–C) groups is 1. The van der Waals surface area contributed by atoms with Crippen LogP contribution in [0.2, 0.25) is 0 Å². The predicted octanol–water partition coefficient (Wildman–Crippen LogP) is 7.89. The van der Waals surface area contributed by atoms with Crippen LogP contribution in [0.4, 0.5) is 39.5 Å². The van der Waals surface area contributed by atoms with Gasteiger partial charge in [0.1, 0.15) is 0 Å². The number of carbonyl (C=O) groups is 1. The number of methoxy groups -OCH3 is 1. The summed E-state index contributed by atoms with van der Waals surface area (Å²) >= 11 is 0. The van der Waals surface area contributed by atoms with Crippen LogP contribution in [-0.4, -0.2) is 23.9 Å². The predicted molar refractivity (Wildman–Crippen MR) is 142 cm³/mol. The van der Waals surface area contributed by atoms with Crippen molar-refractivity contribution in [3.05, 3.63) is 117 Å². The molecule has 1 N–H and O–H groups in total. The number of hydrogen-bond donors (Lipinski definition) is 1. The Hall–Kier alpha value is -4.49. The molecule has 0 aliphatic carbocycles. The Morgan fingerprint density at radius 2 is 1.39 bits per heavy atom. The summed E-state index contributed by atoms with van der Waals surface area (Å²) in [7, 11) is 1.01. The first-order valence-corrected chi connectivity index (χ1v) is 12.9. The quantitative estimate of drug-likeness (QED) is 0.223. The monoisotopic (exact) mass is 629 g/mol. The highest BCUT2D eigenvalue weighted by molar-refractivity contribution is 5.96. The molecule has 3 aromatic rings. The number of carbonyl (C=O) groups excluding carboxylic acids is 1. The third-order valence-corrected chi connectivity index (χ3v) is 6.94. The lowest BCUT2D eigenvalue weighted by molar-refractivity contribution is -0.140. The zero-order chi connectivity index (χ0) is 32.4. The van der Waals surface area contributed by atoms with Gasteiger partial charge >= 0.3 is 24.5 Å². The van der Waals surface area contributed by atoms with Gasteiger partial charge in [-0.3, -0.25) is 0 Å². The summed E-state index contributed by atoms with van der Waals surface area (Å²) in [6, 6.07) is 11.5. The van der Waals surface area contributed by atoms with E-state index in [9.17, 15) is 44.3 Å². The molecule has 3 aromatic carbocycles. The number of hydrogen-bond acceptors (Lipinski definition) is 3.